The van der Waals surface area contributed by atoms with Crippen molar-refractivity contribution in [2.45, 2.75) is 38.3 Å². The van der Waals surface area contributed by atoms with Crippen LogP contribution in [0.3, 0.4) is 0 Å². The summed E-state index contributed by atoms with van der Waals surface area (Å²) in [5.41, 5.74) is 1.91. The summed E-state index contributed by atoms with van der Waals surface area (Å²) in [6, 6.07) is 7.96. The summed E-state index contributed by atoms with van der Waals surface area (Å²) in [4.78, 5) is 0. The Labute approximate surface area is 113 Å². The molecule has 100 valence electrons. The van der Waals surface area contributed by atoms with Gasteiger partial charge in [0.1, 0.15) is 5.75 Å². The lowest BCUT2D eigenvalue weighted by molar-refractivity contribution is 0.467. The molecule has 0 amide bonds. The Morgan fingerprint density at radius 1 is 1.26 bits per heavy atom. The molecular formula is C15H19N3O. The highest BCUT2D eigenvalue weighted by Crippen LogP contribution is 2.29. The predicted octanol–water partition coefficient (Wildman–Crippen LogP) is 3.32. The molecule has 0 saturated heterocycles. The molecule has 1 heterocycles. The van der Waals surface area contributed by atoms with E-state index in [-0.39, 0.29) is 0 Å². The van der Waals surface area contributed by atoms with Gasteiger partial charge in [0.2, 0.25) is 0 Å². The average molecular weight is 257 g/mol. The minimum atomic E-state index is 0.332. The van der Waals surface area contributed by atoms with Gasteiger partial charge in [0.25, 0.3) is 0 Å². The van der Waals surface area contributed by atoms with Crippen LogP contribution in [0.2, 0.25) is 0 Å². The van der Waals surface area contributed by atoms with E-state index >= 15 is 0 Å². The quantitative estimate of drug-likeness (QED) is 0.883. The Bertz CT molecular complexity index is 544. The maximum Gasteiger partial charge on any atom is 0.120 e. The Morgan fingerprint density at radius 3 is 2.84 bits per heavy atom. The number of nitrogens with one attached hydrogen (secondary N) is 1. The summed E-state index contributed by atoms with van der Waals surface area (Å²) in [5.74, 6) is 0.332. The van der Waals surface area contributed by atoms with Crippen LogP contribution < -0.4 is 5.32 Å². The second-order valence-electron chi connectivity index (χ2n) is 5.13. The molecule has 0 bridgehead atoms. The summed E-state index contributed by atoms with van der Waals surface area (Å²) in [6.45, 7) is 0.614. The summed E-state index contributed by atoms with van der Waals surface area (Å²) in [7, 11) is 0. The van der Waals surface area contributed by atoms with E-state index in [0.29, 0.717) is 18.3 Å². The van der Waals surface area contributed by atoms with E-state index in [1.807, 2.05) is 24.4 Å². The molecule has 4 heteroatoms. The molecule has 0 spiro atoms. The van der Waals surface area contributed by atoms with Gasteiger partial charge in [0.15, 0.2) is 0 Å². The molecule has 0 unspecified atom stereocenters. The largest absolute Gasteiger partial charge is 0.508 e. The molecule has 1 fully saturated rings. The lowest BCUT2D eigenvalue weighted by Crippen LogP contribution is -2.04. The highest BCUT2D eigenvalue weighted by Gasteiger charge is 2.17. The van der Waals surface area contributed by atoms with Crippen LogP contribution in [-0.4, -0.2) is 14.9 Å². The van der Waals surface area contributed by atoms with E-state index in [4.69, 9.17) is 0 Å². The Hall–Kier alpha value is -1.97. The van der Waals surface area contributed by atoms with Crippen molar-refractivity contribution in [2.24, 2.45) is 0 Å². The number of nitrogens with zero attached hydrogens (tertiary/aromatic N) is 2. The van der Waals surface area contributed by atoms with Crippen LogP contribution in [0.5, 0.6) is 5.75 Å². The predicted molar refractivity (Wildman–Crippen MR) is 75.2 cm³/mol. The Morgan fingerprint density at radius 2 is 2.05 bits per heavy atom. The van der Waals surface area contributed by atoms with Crippen molar-refractivity contribution in [1.82, 2.24) is 9.78 Å². The second-order valence-corrected chi connectivity index (χ2v) is 5.13. The molecule has 3 rings (SSSR count). The third-order valence-corrected chi connectivity index (χ3v) is 3.77. The normalized spacial score (nSPS) is 15.8. The molecular weight excluding hydrogens is 238 g/mol. The van der Waals surface area contributed by atoms with Gasteiger partial charge >= 0.3 is 0 Å². The topological polar surface area (TPSA) is 50.1 Å². The zero-order chi connectivity index (χ0) is 13.1. The maximum atomic E-state index is 9.71. The van der Waals surface area contributed by atoms with Crippen molar-refractivity contribution >= 4 is 5.69 Å². The van der Waals surface area contributed by atoms with E-state index in [0.717, 1.165) is 11.3 Å². The van der Waals surface area contributed by atoms with E-state index in [2.05, 4.69) is 21.3 Å². The van der Waals surface area contributed by atoms with Gasteiger partial charge < -0.3 is 10.4 Å². The van der Waals surface area contributed by atoms with E-state index in [1.165, 1.54) is 25.7 Å². The fourth-order valence-corrected chi connectivity index (χ4v) is 2.66. The average Bonchev–Trinajstić information content (AvgIpc) is 3.09. The van der Waals surface area contributed by atoms with Crippen molar-refractivity contribution in [3.63, 3.8) is 0 Å². The number of benzene rings is 1. The van der Waals surface area contributed by atoms with E-state index in [9.17, 15) is 5.11 Å². The zero-order valence-electron chi connectivity index (χ0n) is 10.9. The molecule has 0 radical (unpaired) electrons. The lowest BCUT2D eigenvalue weighted by Gasteiger charge is -2.09. The Balaban J connectivity index is 1.63. The fraction of sp³-hybridized carbons (Fsp3) is 0.400. The van der Waals surface area contributed by atoms with Crippen LogP contribution in [0.15, 0.2) is 36.7 Å². The van der Waals surface area contributed by atoms with Crippen LogP contribution in [0.1, 0.15) is 37.3 Å². The number of hydrogen-bond donors (Lipinski definition) is 2. The van der Waals surface area contributed by atoms with Gasteiger partial charge in [-0.3, -0.25) is 4.68 Å². The minimum absolute atomic E-state index is 0.332. The summed E-state index contributed by atoms with van der Waals surface area (Å²) < 4.78 is 2.07. The first kappa shape index (κ1) is 12.1. The smallest absolute Gasteiger partial charge is 0.120 e. The van der Waals surface area contributed by atoms with Crippen LogP contribution in [0.25, 0.3) is 0 Å². The van der Waals surface area contributed by atoms with Crippen LogP contribution in [0.4, 0.5) is 5.69 Å². The number of phenols is 1. The molecule has 1 aliphatic rings. The first-order valence-electron chi connectivity index (χ1n) is 6.88. The van der Waals surface area contributed by atoms with Crippen molar-refractivity contribution < 1.29 is 5.11 Å². The number of aromatic nitrogens is 2. The highest BCUT2D eigenvalue weighted by atomic mass is 16.3. The minimum Gasteiger partial charge on any atom is -0.508 e. The van der Waals surface area contributed by atoms with Crippen molar-refractivity contribution in [1.29, 1.82) is 0 Å². The van der Waals surface area contributed by atoms with Crippen LogP contribution in [-0.2, 0) is 6.54 Å². The van der Waals surface area contributed by atoms with Crippen molar-refractivity contribution in [2.75, 3.05) is 5.32 Å². The molecule has 0 atom stereocenters. The lowest BCUT2D eigenvalue weighted by atomic mass is 10.2. The number of anilines is 1. The van der Waals surface area contributed by atoms with Gasteiger partial charge in [0, 0.05) is 18.3 Å². The molecule has 4 nitrogen and oxygen atoms in total. The molecule has 2 aromatic rings. The maximum absolute atomic E-state index is 9.71. The zero-order valence-corrected chi connectivity index (χ0v) is 10.9. The van der Waals surface area contributed by atoms with Gasteiger partial charge in [-0.25, -0.2) is 0 Å². The number of para-hydroxylation sites is 1. The third-order valence-electron chi connectivity index (χ3n) is 3.77. The molecule has 1 aromatic heterocycles. The SMILES string of the molecule is Oc1ccccc1CNc1cnn(C2CCCC2)c1. The number of rotatable bonds is 4. The van der Waals surface area contributed by atoms with E-state index < -0.39 is 0 Å². The van der Waals surface area contributed by atoms with Gasteiger partial charge in [-0.1, -0.05) is 31.0 Å². The van der Waals surface area contributed by atoms with Crippen LogP contribution >= 0.6 is 0 Å². The van der Waals surface area contributed by atoms with Gasteiger partial charge in [-0.05, 0) is 18.9 Å². The number of aromatic hydroxyl groups is 1. The summed E-state index contributed by atoms with van der Waals surface area (Å²) >= 11 is 0. The summed E-state index contributed by atoms with van der Waals surface area (Å²) in [5, 5.41) is 17.4. The summed E-state index contributed by atoms with van der Waals surface area (Å²) in [6.07, 6.45) is 9.02. The van der Waals surface area contributed by atoms with Gasteiger partial charge in [0.05, 0.1) is 17.9 Å². The first-order chi connectivity index (χ1) is 9.33. The van der Waals surface area contributed by atoms with E-state index in [1.54, 1.807) is 6.07 Å². The standard InChI is InChI=1S/C15H19N3O/c19-15-8-4-1-5-12(15)9-16-13-10-17-18(11-13)14-6-2-3-7-14/h1,4-5,8,10-11,14,16,19H,2-3,6-7,9H2. The number of hydrogen-bond acceptors (Lipinski definition) is 3. The highest BCUT2D eigenvalue weighted by molar-refractivity contribution is 5.41. The molecule has 1 aliphatic carbocycles. The monoisotopic (exact) mass is 257 g/mol. The second kappa shape index (κ2) is 5.34. The van der Waals surface area contributed by atoms with Crippen LogP contribution in [0, 0.1) is 0 Å². The first-order valence-corrected chi connectivity index (χ1v) is 6.88. The molecule has 1 saturated carbocycles. The molecule has 19 heavy (non-hydrogen) atoms. The molecule has 0 aliphatic heterocycles. The van der Waals surface area contributed by atoms with Gasteiger partial charge in [-0.2, -0.15) is 5.10 Å². The molecule has 2 N–H and O–H groups in total. The molecule has 1 aromatic carbocycles. The third kappa shape index (κ3) is 2.72. The number of phenolic OH excluding ortho intramolecular Hbond substituents is 1. The van der Waals surface area contributed by atoms with Crippen molar-refractivity contribution in [3.8, 4) is 5.75 Å². The van der Waals surface area contributed by atoms with Gasteiger partial charge in [-0.15, -0.1) is 0 Å². The Kier molecular flexibility index (Phi) is 3.40. The van der Waals surface area contributed by atoms with Crippen molar-refractivity contribution in [3.05, 3.63) is 42.2 Å². The fourth-order valence-electron chi connectivity index (χ4n) is 2.66.